The Balaban J connectivity index is 2.03. The van der Waals surface area contributed by atoms with Crippen LogP contribution in [0.3, 0.4) is 0 Å². The van der Waals surface area contributed by atoms with Crippen molar-refractivity contribution in [1.29, 1.82) is 0 Å². The Morgan fingerprint density at radius 1 is 1.38 bits per heavy atom. The molecular formula is C16H19N3O2. The zero-order valence-electron chi connectivity index (χ0n) is 12.3. The number of carboxylic acids is 1. The predicted molar refractivity (Wildman–Crippen MR) is 80.7 cm³/mol. The molecule has 1 aromatic carbocycles. The zero-order valence-corrected chi connectivity index (χ0v) is 12.3. The van der Waals surface area contributed by atoms with Gasteiger partial charge >= 0.3 is 5.97 Å². The number of benzene rings is 1. The highest BCUT2D eigenvalue weighted by molar-refractivity contribution is 5.91. The van der Waals surface area contributed by atoms with Crippen LogP contribution in [0.25, 0.3) is 0 Å². The fraction of sp³-hybridized carbons (Fsp3) is 0.375. The molecule has 5 heteroatoms. The fourth-order valence-electron chi connectivity index (χ4n) is 3.21. The molecule has 3 rings (SSSR count). The molecular weight excluding hydrogens is 266 g/mol. The number of rotatable bonds is 3. The summed E-state index contributed by atoms with van der Waals surface area (Å²) in [4.78, 5) is 13.7. The molecule has 1 aliphatic rings. The van der Waals surface area contributed by atoms with E-state index >= 15 is 0 Å². The molecule has 1 N–H and O–H groups in total. The Morgan fingerprint density at radius 3 is 2.86 bits per heavy atom. The number of carbonyl (C=O) groups is 1. The summed E-state index contributed by atoms with van der Waals surface area (Å²) in [6.07, 6.45) is 3.59. The summed E-state index contributed by atoms with van der Waals surface area (Å²) >= 11 is 0. The van der Waals surface area contributed by atoms with Crippen molar-refractivity contribution >= 4 is 11.7 Å². The van der Waals surface area contributed by atoms with Crippen LogP contribution in [0.2, 0.25) is 0 Å². The number of aromatic nitrogens is 2. The van der Waals surface area contributed by atoms with Gasteiger partial charge < -0.3 is 10.0 Å². The summed E-state index contributed by atoms with van der Waals surface area (Å²) in [5.74, 6) is -0.845. The van der Waals surface area contributed by atoms with Crippen molar-refractivity contribution in [3.8, 4) is 0 Å². The molecule has 5 nitrogen and oxygen atoms in total. The number of aryl methyl sites for hydroxylation is 1. The lowest BCUT2D eigenvalue weighted by molar-refractivity contribution is 0.0695. The highest BCUT2D eigenvalue weighted by Gasteiger charge is 2.26. The molecule has 1 unspecified atom stereocenters. The lowest BCUT2D eigenvalue weighted by Gasteiger charge is -2.36. The van der Waals surface area contributed by atoms with Gasteiger partial charge in [-0.1, -0.05) is 6.07 Å². The second-order valence-corrected chi connectivity index (χ2v) is 5.46. The van der Waals surface area contributed by atoms with Crippen LogP contribution in [0.4, 0.5) is 5.69 Å². The van der Waals surface area contributed by atoms with E-state index in [1.807, 2.05) is 29.9 Å². The maximum Gasteiger partial charge on any atom is 0.336 e. The van der Waals surface area contributed by atoms with Crippen LogP contribution in [0.5, 0.6) is 0 Å². The van der Waals surface area contributed by atoms with Crippen LogP contribution < -0.4 is 4.90 Å². The number of nitrogens with zero attached hydrogens (tertiary/aromatic N) is 3. The highest BCUT2D eigenvalue weighted by atomic mass is 16.4. The zero-order chi connectivity index (χ0) is 15.0. The summed E-state index contributed by atoms with van der Waals surface area (Å²) in [5.41, 5.74) is 3.54. The highest BCUT2D eigenvalue weighted by Crippen LogP contribution is 2.35. The first kappa shape index (κ1) is 13.7. The molecule has 0 aliphatic carbocycles. The van der Waals surface area contributed by atoms with E-state index in [1.165, 1.54) is 0 Å². The molecule has 1 atom stereocenters. The van der Waals surface area contributed by atoms with Crippen molar-refractivity contribution in [2.75, 3.05) is 11.4 Å². The van der Waals surface area contributed by atoms with E-state index in [1.54, 1.807) is 12.3 Å². The fourth-order valence-corrected chi connectivity index (χ4v) is 3.21. The van der Waals surface area contributed by atoms with Crippen LogP contribution in [0.1, 0.15) is 41.0 Å². The Kier molecular flexibility index (Phi) is 3.41. The van der Waals surface area contributed by atoms with Gasteiger partial charge in [-0.25, -0.2) is 4.79 Å². The maximum atomic E-state index is 11.4. The summed E-state index contributed by atoms with van der Waals surface area (Å²) in [6, 6.07) is 7.73. The van der Waals surface area contributed by atoms with Gasteiger partial charge in [-0.2, -0.15) is 5.10 Å². The van der Waals surface area contributed by atoms with Crippen molar-refractivity contribution in [1.82, 2.24) is 9.78 Å². The lowest BCUT2D eigenvalue weighted by atomic mass is 9.95. The summed E-state index contributed by atoms with van der Waals surface area (Å²) < 4.78 is 1.87. The van der Waals surface area contributed by atoms with Crippen LogP contribution >= 0.6 is 0 Å². The quantitative estimate of drug-likeness (QED) is 0.942. The number of fused-ring (bicyclic) bond motifs is 1. The first-order chi connectivity index (χ1) is 10.1. The van der Waals surface area contributed by atoms with Gasteiger partial charge in [-0.15, -0.1) is 0 Å². The third-order valence-electron chi connectivity index (χ3n) is 4.27. The SMILES string of the molecule is CC(c1ccnn1C)N1CCCc2c(C(=O)O)cccc21. The molecule has 110 valence electrons. The number of anilines is 1. The van der Waals surface area contributed by atoms with Gasteiger partial charge in [-0.05, 0) is 43.5 Å². The van der Waals surface area contributed by atoms with Gasteiger partial charge in [0.1, 0.15) is 0 Å². The number of aromatic carboxylic acids is 1. The van der Waals surface area contributed by atoms with Gasteiger partial charge in [0.15, 0.2) is 0 Å². The molecule has 0 spiro atoms. The number of hydrogen-bond acceptors (Lipinski definition) is 3. The summed E-state index contributed by atoms with van der Waals surface area (Å²) in [7, 11) is 1.93. The molecule has 0 saturated heterocycles. The monoisotopic (exact) mass is 285 g/mol. The van der Waals surface area contributed by atoms with E-state index in [9.17, 15) is 9.90 Å². The normalized spacial score (nSPS) is 15.6. The Labute approximate surface area is 123 Å². The van der Waals surface area contributed by atoms with Crippen LogP contribution in [-0.2, 0) is 13.5 Å². The van der Waals surface area contributed by atoms with Gasteiger partial charge in [0.25, 0.3) is 0 Å². The first-order valence-corrected chi connectivity index (χ1v) is 7.19. The van der Waals surface area contributed by atoms with E-state index in [2.05, 4.69) is 16.9 Å². The standard InChI is InChI=1S/C16H19N3O2/c1-11(14-8-9-17-18(14)2)19-10-4-6-12-13(16(20)21)5-3-7-15(12)19/h3,5,7-9,11H,4,6,10H2,1-2H3,(H,20,21). The van der Waals surface area contributed by atoms with Crippen molar-refractivity contribution in [2.24, 2.45) is 7.05 Å². The van der Waals surface area contributed by atoms with Crippen molar-refractivity contribution in [3.05, 3.63) is 47.3 Å². The summed E-state index contributed by atoms with van der Waals surface area (Å²) in [5, 5.41) is 13.6. The van der Waals surface area contributed by atoms with E-state index in [-0.39, 0.29) is 6.04 Å². The van der Waals surface area contributed by atoms with Gasteiger partial charge in [0, 0.05) is 25.5 Å². The second kappa shape index (κ2) is 5.24. The molecule has 0 radical (unpaired) electrons. The molecule has 0 fully saturated rings. The van der Waals surface area contributed by atoms with E-state index < -0.39 is 5.97 Å². The Bertz CT molecular complexity index is 678. The summed E-state index contributed by atoms with van der Waals surface area (Å²) in [6.45, 7) is 3.07. The smallest absolute Gasteiger partial charge is 0.336 e. The van der Waals surface area contributed by atoms with E-state index in [0.717, 1.165) is 36.3 Å². The van der Waals surface area contributed by atoms with Crippen molar-refractivity contribution in [3.63, 3.8) is 0 Å². The minimum absolute atomic E-state index is 0.167. The van der Waals surface area contributed by atoms with Gasteiger partial charge in [-0.3, -0.25) is 4.68 Å². The lowest BCUT2D eigenvalue weighted by Crippen LogP contribution is -2.33. The van der Waals surface area contributed by atoms with Gasteiger partial charge in [0.2, 0.25) is 0 Å². The predicted octanol–water partition coefficient (Wildman–Crippen LogP) is 2.63. The van der Waals surface area contributed by atoms with Crippen LogP contribution in [0, 0.1) is 0 Å². The maximum absolute atomic E-state index is 11.4. The largest absolute Gasteiger partial charge is 0.478 e. The third-order valence-corrected chi connectivity index (χ3v) is 4.27. The molecule has 2 heterocycles. The molecule has 1 aliphatic heterocycles. The Morgan fingerprint density at radius 2 is 2.19 bits per heavy atom. The van der Waals surface area contributed by atoms with Crippen LogP contribution in [-0.4, -0.2) is 27.4 Å². The average molecular weight is 285 g/mol. The molecule has 0 saturated carbocycles. The number of hydrogen-bond donors (Lipinski definition) is 1. The van der Waals surface area contributed by atoms with E-state index in [0.29, 0.717) is 5.56 Å². The molecule has 2 aromatic rings. The number of carboxylic acid groups (broad SMARTS) is 1. The second-order valence-electron chi connectivity index (χ2n) is 5.46. The third kappa shape index (κ3) is 2.28. The van der Waals surface area contributed by atoms with Crippen LogP contribution in [0.15, 0.2) is 30.5 Å². The minimum Gasteiger partial charge on any atom is -0.478 e. The minimum atomic E-state index is -0.845. The molecule has 1 aromatic heterocycles. The Hall–Kier alpha value is -2.30. The topological polar surface area (TPSA) is 58.4 Å². The molecule has 21 heavy (non-hydrogen) atoms. The first-order valence-electron chi connectivity index (χ1n) is 7.19. The van der Waals surface area contributed by atoms with Gasteiger partial charge in [0.05, 0.1) is 17.3 Å². The average Bonchev–Trinajstić information content (AvgIpc) is 2.91. The van der Waals surface area contributed by atoms with Crippen molar-refractivity contribution < 1.29 is 9.90 Å². The molecule has 0 amide bonds. The van der Waals surface area contributed by atoms with Crippen molar-refractivity contribution in [2.45, 2.75) is 25.8 Å². The van der Waals surface area contributed by atoms with E-state index in [4.69, 9.17) is 0 Å². The molecule has 0 bridgehead atoms.